The predicted molar refractivity (Wildman–Crippen MR) is 66.4 cm³/mol. The molecule has 4 nitrogen and oxygen atoms in total. The van der Waals surface area contributed by atoms with Crippen molar-refractivity contribution in [3.63, 3.8) is 0 Å². The van der Waals surface area contributed by atoms with Gasteiger partial charge in [0, 0.05) is 26.3 Å². The number of likely N-dealkylation sites (N-methyl/N-ethyl adjacent to an activating group) is 1. The maximum atomic E-state index is 11.9. The van der Waals surface area contributed by atoms with Crippen LogP contribution in [0.15, 0.2) is 0 Å². The first kappa shape index (κ1) is 13.4. The van der Waals surface area contributed by atoms with Crippen LogP contribution in [0.5, 0.6) is 0 Å². The zero-order valence-electron chi connectivity index (χ0n) is 9.90. The number of hydrogen-bond donors (Lipinski definition) is 2. The third-order valence-corrected chi connectivity index (χ3v) is 3.36. The zero-order valence-corrected chi connectivity index (χ0v) is 10.8. The molecule has 0 aromatic heterocycles. The smallest absolute Gasteiger partial charge is 0.245 e. The van der Waals surface area contributed by atoms with Crippen LogP contribution in [-0.2, 0) is 9.59 Å². The number of carbonyl (C=O) groups is 2. The van der Waals surface area contributed by atoms with E-state index in [1.54, 1.807) is 11.9 Å². The van der Waals surface area contributed by atoms with Gasteiger partial charge in [-0.2, -0.15) is 12.6 Å². The average molecular weight is 244 g/mol. The van der Waals surface area contributed by atoms with Gasteiger partial charge in [0.1, 0.15) is 6.04 Å². The first-order valence-corrected chi connectivity index (χ1v) is 6.30. The first-order chi connectivity index (χ1) is 7.54. The Bertz CT molecular complexity index is 267. The van der Waals surface area contributed by atoms with E-state index in [9.17, 15) is 9.59 Å². The molecule has 1 unspecified atom stereocenters. The summed E-state index contributed by atoms with van der Waals surface area (Å²) in [5.41, 5.74) is 0. The van der Waals surface area contributed by atoms with Crippen molar-refractivity contribution in [2.75, 3.05) is 19.3 Å². The van der Waals surface area contributed by atoms with E-state index >= 15 is 0 Å². The van der Waals surface area contributed by atoms with Gasteiger partial charge >= 0.3 is 0 Å². The van der Waals surface area contributed by atoms with Crippen LogP contribution in [0.25, 0.3) is 0 Å². The summed E-state index contributed by atoms with van der Waals surface area (Å²) in [6.07, 6.45) is 3.70. The molecule has 1 aliphatic carbocycles. The van der Waals surface area contributed by atoms with Gasteiger partial charge in [-0.1, -0.05) is 6.42 Å². The van der Waals surface area contributed by atoms with Crippen molar-refractivity contribution in [3.05, 3.63) is 0 Å². The highest BCUT2D eigenvalue weighted by atomic mass is 32.1. The van der Waals surface area contributed by atoms with Crippen molar-refractivity contribution in [1.82, 2.24) is 10.2 Å². The highest BCUT2D eigenvalue weighted by Gasteiger charge is 2.25. The SMILES string of the molecule is CC(=O)NC(CS)C(=O)N(C)CC1CCC1. The molecule has 0 bridgehead atoms. The molecule has 1 rings (SSSR count). The van der Waals surface area contributed by atoms with E-state index in [0.717, 1.165) is 6.54 Å². The molecule has 1 saturated carbocycles. The summed E-state index contributed by atoms with van der Waals surface area (Å²) >= 11 is 4.09. The average Bonchev–Trinajstić information content (AvgIpc) is 2.18. The Kier molecular flexibility index (Phi) is 5.12. The van der Waals surface area contributed by atoms with Crippen molar-refractivity contribution in [2.45, 2.75) is 32.2 Å². The molecule has 0 aliphatic heterocycles. The standard InChI is InChI=1S/C11H20N2O2S/c1-8(14)12-10(7-16)11(15)13(2)6-9-4-3-5-9/h9-10,16H,3-7H2,1-2H3,(H,12,14). The molecule has 92 valence electrons. The summed E-state index contributed by atoms with van der Waals surface area (Å²) in [6.45, 7) is 2.21. The minimum Gasteiger partial charge on any atom is -0.344 e. The summed E-state index contributed by atoms with van der Waals surface area (Å²) in [5.74, 6) is 0.751. The molecule has 1 fully saturated rings. The molecule has 0 aromatic carbocycles. The minimum absolute atomic E-state index is 0.0444. The third-order valence-electron chi connectivity index (χ3n) is 2.99. The lowest BCUT2D eigenvalue weighted by atomic mass is 9.85. The maximum Gasteiger partial charge on any atom is 0.245 e. The normalized spacial score (nSPS) is 17.4. The van der Waals surface area contributed by atoms with Gasteiger partial charge in [-0.05, 0) is 18.8 Å². The number of rotatable bonds is 5. The van der Waals surface area contributed by atoms with Gasteiger partial charge in [-0.3, -0.25) is 9.59 Å². The van der Waals surface area contributed by atoms with Crippen LogP contribution in [0.2, 0.25) is 0 Å². The fourth-order valence-electron chi connectivity index (χ4n) is 1.85. The van der Waals surface area contributed by atoms with Crippen molar-refractivity contribution in [2.24, 2.45) is 5.92 Å². The van der Waals surface area contributed by atoms with Gasteiger partial charge in [0.25, 0.3) is 0 Å². The largest absolute Gasteiger partial charge is 0.344 e. The van der Waals surface area contributed by atoms with Gasteiger partial charge in [-0.15, -0.1) is 0 Å². The van der Waals surface area contributed by atoms with Crippen LogP contribution in [0, 0.1) is 5.92 Å². The number of thiol groups is 1. The molecule has 2 amide bonds. The lowest BCUT2D eigenvalue weighted by Crippen LogP contribution is -2.49. The van der Waals surface area contributed by atoms with E-state index < -0.39 is 6.04 Å². The van der Waals surface area contributed by atoms with Crippen LogP contribution < -0.4 is 5.32 Å². The van der Waals surface area contributed by atoms with Gasteiger partial charge < -0.3 is 10.2 Å². The molecule has 0 saturated heterocycles. The van der Waals surface area contributed by atoms with E-state index in [0.29, 0.717) is 11.7 Å². The fourth-order valence-corrected chi connectivity index (χ4v) is 2.10. The molecule has 16 heavy (non-hydrogen) atoms. The Morgan fingerprint density at radius 1 is 1.50 bits per heavy atom. The Morgan fingerprint density at radius 2 is 2.12 bits per heavy atom. The van der Waals surface area contributed by atoms with E-state index in [4.69, 9.17) is 0 Å². The molecule has 1 aliphatic rings. The molecule has 0 aromatic rings. The Labute approximate surface area is 102 Å². The predicted octanol–water partition coefficient (Wildman–Crippen LogP) is 0.679. The summed E-state index contributed by atoms with van der Waals surface area (Å²) in [4.78, 5) is 24.6. The van der Waals surface area contributed by atoms with E-state index in [1.165, 1.54) is 26.2 Å². The second kappa shape index (κ2) is 6.13. The summed E-state index contributed by atoms with van der Waals surface area (Å²) in [5, 5.41) is 2.61. The number of nitrogens with one attached hydrogen (secondary N) is 1. The zero-order chi connectivity index (χ0) is 12.1. The van der Waals surface area contributed by atoms with Crippen LogP contribution in [0.1, 0.15) is 26.2 Å². The monoisotopic (exact) mass is 244 g/mol. The van der Waals surface area contributed by atoms with Gasteiger partial charge in [-0.25, -0.2) is 0 Å². The molecule has 1 atom stereocenters. The van der Waals surface area contributed by atoms with Gasteiger partial charge in [0.2, 0.25) is 11.8 Å². The molecule has 0 heterocycles. The molecular weight excluding hydrogens is 224 g/mol. The lowest BCUT2D eigenvalue weighted by Gasteiger charge is -2.31. The van der Waals surface area contributed by atoms with Gasteiger partial charge in [0.15, 0.2) is 0 Å². The summed E-state index contributed by atoms with van der Waals surface area (Å²) < 4.78 is 0. The molecular formula is C11H20N2O2S. The maximum absolute atomic E-state index is 11.9. The highest BCUT2D eigenvalue weighted by Crippen LogP contribution is 2.26. The first-order valence-electron chi connectivity index (χ1n) is 5.67. The Morgan fingerprint density at radius 3 is 2.50 bits per heavy atom. The third kappa shape index (κ3) is 3.70. The lowest BCUT2D eigenvalue weighted by molar-refractivity contribution is -0.135. The van der Waals surface area contributed by atoms with Crippen molar-refractivity contribution in [1.29, 1.82) is 0 Å². The molecule has 5 heteroatoms. The second-order valence-corrected chi connectivity index (χ2v) is 4.82. The number of carbonyl (C=O) groups excluding carboxylic acids is 2. The Hall–Kier alpha value is -0.710. The van der Waals surface area contributed by atoms with Crippen LogP contribution >= 0.6 is 12.6 Å². The number of amides is 2. The molecule has 0 radical (unpaired) electrons. The van der Waals surface area contributed by atoms with Crippen LogP contribution in [0.3, 0.4) is 0 Å². The highest BCUT2D eigenvalue weighted by molar-refractivity contribution is 7.80. The number of hydrogen-bond acceptors (Lipinski definition) is 3. The van der Waals surface area contributed by atoms with E-state index in [1.807, 2.05) is 0 Å². The summed E-state index contributed by atoms with van der Waals surface area (Å²) in [7, 11) is 1.79. The second-order valence-electron chi connectivity index (χ2n) is 4.45. The Balaban J connectivity index is 2.42. The van der Waals surface area contributed by atoms with Gasteiger partial charge in [0.05, 0.1) is 0 Å². The topological polar surface area (TPSA) is 49.4 Å². The molecule has 0 spiro atoms. The number of nitrogens with zero attached hydrogens (tertiary/aromatic N) is 1. The van der Waals surface area contributed by atoms with E-state index in [2.05, 4.69) is 17.9 Å². The van der Waals surface area contributed by atoms with Crippen molar-refractivity contribution < 1.29 is 9.59 Å². The minimum atomic E-state index is -0.495. The van der Waals surface area contributed by atoms with Crippen molar-refractivity contribution >= 4 is 24.4 Å². The van der Waals surface area contributed by atoms with Crippen LogP contribution in [-0.4, -0.2) is 42.1 Å². The molecule has 1 N–H and O–H groups in total. The quantitative estimate of drug-likeness (QED) is 0.699. The fraction of sp³-hybridized carbons (Fsp3) is 0.818. The summed E-state index contributed by atoms with van der Waals surface area (Å²) in [6, 6.07) is -0.495. The van der Waals surface area contributed by atoms with Crippen LogP contribution in [0.4, 0.5) is 0 Å². The van der Waals surface area contributed by atoms with Crippen molar-refractivity contribution in [3.8, 4) is 0 Å². The van der Waals surface area contributed by atoms with E-state index in [-0.39, 0.29) is 11.8 Å².